The summed E-state index contributed by atoms with van der Waals surface area (Å²) in [7, 11) is 3.29. The Labute approximate surface area is 98.7 Å². The molecule has 0 heterocycles. The summed E-state index contributed by atoms with van der Waals surface area (Å²) in [6.45, 7) is 1.96. The van der Waals surface area contributed by atoms with E-state index in [0.717, 1.165) is 28.0 Å². The van der Waals surface area contributed by atoms with Crippen LogP contribution in [0.1, 0.15) is 12.5 Å². The number of hydrogen-bond acceptors (Lipinski definition) is 3. The molecule has 0 aromatic heterocycles. The standard InChI is InChI=1S/C11H16BrNO2/c1-7(13)6-8-10(14-2)5-4-9(12)11(8)15-3/h4-5,7H,6,13H2,1-3H3. The summed E-state index contributed by atoms with van der Waals surface area (Å²) < 4.78 is 11.5. The third kappa shape index (κ3) is 2.86. The Morgan fingerprint density at radius 2 is 2.00 bits per heavy atom. The summed E-state index contributed by atoms with van der Waals surface area (Å²) in [5.74, 6) is 1.61. The summed E-state index contributed by atoms with van der Waals surface area (Å²) in [6, 6.07) is 3.88. The maximum atomic E-state index is 5.80. The van der Waals surface area contributed by atoms with Crippen molar-refractivity contribution in [3.05, 3.63) is 22.2 Å². The molecule has 0 aliphatic carbocycles. The molecule has 15 heavy (non-hydrogen) atoms. The van der Waals surface area contributed by atoms with Crippen LogP contribution in [0, 0.1) is 0 Å². The molecule has 1 atom stereocenters. The van der Waals surface area contributed by atoms with E-state index < -0.39 is 0 Å². The topological polar surface area (TPSA) is 44.5 Å². The monoisotopic (exact) mass is 273 g/mol. The van der Waals surface area contributed by atoms with Crippen molar-refractivity contribution in [2.45, 2.75) is 19.4 Å². The molecule has 0 saturated heterocycles. The molecule has 1 rings (SSSR count). The lowest BCUT2D eigenvalue weighted by atomic mass is 10.1. The van der Waals surface area contributed by atoms with Gasteiger partial charge in [-0.3, -0.25) is 0 Å². The Hall–Kier alpha value is -0.740. The summed E-state index contributed by atoms with van der Waals surface area (Å²) in [5, 5.41) is 0. The van der Waals surface area contributed by atoms with Crippen molar-refractivity contribution >= 4 is 15.9 Å². The third-order valence-corrected chi connectivity index (χ3v) is 2.74. The lowest BCUT2D eigenvalue weighted by Gasteiger charge is -2.15. The van der Waals surface area contributed by atoms with E-state index in [1.807, 2.05) is 19.1 Å². The Kier molecular flexibility index (Phi) is 4.42. The zero-order chi connectivity index (χ0) is 11.4. The van der Waals surface area contributed by atoms with E-state index in [2.05, 4.69) is 15.9 Å². The number of ether oxygens (including phenoxy) is 2. The van der Waals surface area contributed by atoms with Gasteiger partial charge in [-0.25, -0.2) is 0 Å². The third-order valence-electron chi connectivity index (χ3n) is 2.12. The molecule has 1 aromatic carbocycles. The van der Waals surface area contributed by atoms with Gasteiger partial charge in [0, 0.05) is 11.6 Å². The van der Waals surface area contributed by atoms with E-state index in [1.165, 1.54) is 0 Å². The number of benzene rings is 1. The largest absolute Gasteiger partial charge is 0.496 e. The van der Waals surface area contributed by atoms with Crippen LogP contribution in [0.3, 0.4) is 0 Å². The number of methoxy groups -OCH3 is 2. The van der Waals surface area contributed by atoms with Crippen molar-refractivity contribution in [2.75, 3.05) is 14.2 Å². The SMILES string of the molecule is COc1ccc(Br)c(OC)c1CC(C)N. The van der Waals surface area contributed by atoms with E-state index >= 15 is 0 Å². The van der Waals surface area contributed by atoms with Gasteiger partial charge in [0.2, 0.25) is 0 Å². The van der Waals surface area contributed by atoms with Gasteiger partial charge in [0.1, 0.15) is 11.5 Å². The van der Waals surface area contributed by atoms with Crippen LogP contribution in [0.4, 0.5) is 0 Å². The molecule has 2 N–H and O–H groups in total. The fourth-order valence-corrected chi connectivity index (χ4v) is 2.04. The summed E-state index contributed by atoms with van der Waals surface area (Å²) >= 11 is 3.44. The van der Waals surface area contributed by atoms with Crippen LogP contribution in [-0.2, 0) is 6.42 Å². The van der Waals surface area contributed by atoms with Crippen molar-refractivity contribution in [1.29, 1.82) is 0 Å². The maximum Gasteiger partial charge on any atom is 0.139 e. The zero-order valence-electron chi connectivity index (χ0n) is 9.21. The molecular formula is C11H16BrNO2. The molecule has 0 aliphatic rings. The van der Waals surface area contributed by atoms with Crippen molar-refractivity contribution in [1.82, 2.24) is 0 Å². The molecular weight excluding hydrogens is 258 g/mol. The quantitative estimate of drug-likeness (QED) is 0.916. The van der Waals surface area contributed by atoms with Gasteiger partial charge in [0.15, 0.2) is 0 Å². The van der Waals surface area contributed by atoms with Gasteiger partial charge in [-0.05, 0) is 41.4 Å². The fraction of sp³-hybridized carbons (Fsp3) is 0.455. The lowest BCUT2D eigenvalue weighted by molar-refractivity contribution is 0.381. The molecule has 84 valence electrons. The highest BCUT2D eigenvalue weighted by atomic mass is 79.9. The molecule has 0 bridgehead atoms. The molecule has 4 heteroatoms. The molecule has 0 amide bonds. The van der Waals surface area contributed by atoms with Crippen LogP contribution in [0.2, 0.25) is 0 Å². The van der Waals surface area contributed by atoms with Crippen molar-refractivity contribution in [3.8, 4) is 11.5 Å². The average molecular weight is 274 g/mol. The van der Waals surface area contributed by atoms with Crippen molar-refractivity contribution < 1.29 is 9.47 Å². The number of halogens is 1. The molecule has 0 fully saturated rings. The van der Waals surface area contributed by atoms with Crippen LogP contribution in [-0.4, -0.2) is 20.3 Å². The first-order valence-corrected chi connectivity index (χ1v) is 5.54. The summed E-state index contributed by atoms with van der Waals surface area (Å²) in [6.07, 6.45) is 0.728. The summed E-state index contributed by atoms with van der Waals surface area (Å²) in [4.78, 5) is 0. The van der Waals surface area contributed by atoms with Crippen LogP contribution >= 0.6 is 15.9 Å². The molecule has 1 aromatic rings. The number of nitrogens with two attached hydrogens (primary N) is 1. The van der Waals surface area contributed by atoms with E-state index in [-0.39, 0.29) is 6.04 Å². The molecule has 0 spiro atoms. The van der Waals surface area contributed by atoms with Gasteiger partial charge in [0.05, 0.1) is 18.7 Å². The van der Waals surface area contributed by atoms with Crippen molar-refractivity contribution in [3.63, 3.8) is 0 Å². The Balaban J connectivity index is 3.21. The second kappa shape index (κ2) is 5.37. The lowest BCUT2D eigenvalue weighted by Crippen LogP contribution is -2.18. The second-order valence-electron chi connectivity index (χ2n) is 3.44. The van der Waals surface area contributed by atoms with Gasteiger partial charge in [-0.1, -0.05) is 0 Å². The van der Waals surface area contributed by atoms with Gasteiger partial charge < -0.3 is 15.2 Å². The van der Waals surface area contributed by atoms with Crippen LogP contribution in [0.25, 0.3) is 0 Å². The molecule has 0 aliphatic heterocycles. The minimum Gasteiger partial charge on any atom is -0.496 e. The minimum atomic E-state index is 0.0714. The van der Waals surface area contributed by atoms with Gasteiger partial charge >= 0.3 is 0 Å². The van der Waals surface area contributed by atoms with Gasteiger partial charge in [-0.15, -0.1) is 0 Å². The Morgan fingerprint density at radius 3 is 2.47 bits per heavy atom. The minimum absolute atomic E-state index is 0.0714. The van der Waals surface area contributed by atoms with E-state index in [4.69, 9.17) is 15.2 Å². The molecule has 1 unspecified atom stereocenters. The molecule has 0 radical (unpaired) electrons. The molecule has 3 nitrogen and oxygen atoms in total. The Bertz CT molecular complexity index is 340. The fourth-order valence-electron chi connectivity index (χ4n) is 1.51. The first-order valence-electron chi connectivity index (χ1n) is 4.75. The van der Waals surface area contributed by atoms with Crippen molar-refractivity contribution in [2.24, 2.45) is 5.73 Å². The highest BCUT2D eigenvalue weighted by Crippen LogP contribution is 2.36. The first kappa shape index (κ1) is 12.3. The second-order valence-corrected chi connectivity index (χ2v) is 4.30. The van der Waals surface area contributed by atoms with Gasteiger partial charge in [0.25, 0.3) is 0 Å². The maximum absolute atomic E-state index is 5.80. The zero-order valence-corrected chi connectivity index (χ0v) is 10.8. The average Bonchev–Trinajstić information content (AvgIpc) is 2.18. The Morgan fingerprint density at radius 1 is 1.33 bits per heavy atom. The summed E-state index contributed by atoms with van der Waals surface area (Å²) in [5.41, 5.74) is 6.80. The predicted molar refractivity (Wildman–Crippen MR) is 64.6 cm³/mol. The van der Waals surface area contributed by atoms with E-state index in [9.17, 15) is 0 Å². The van der Waals surface area contributed by atoms with Gasteiger partial charge in [-0.2, -0.15) is 0 Å². The van der Waals surface area contributed by atoms with E-state index in [1.54, 1.807) is 14.2 Å². The predicted octanol–water partition coefficient (Wildman–Crippen LogP) is 2.36. The highest BCUT2D eigenvalue weighted by molar-refractivity contribution is 9.10. The number of hydrogen-bond donors (Lipinski definition) is 1. The van der Waals surface area contributed by atoms with Crippen LogP contribution in [0.15, 0.2) is 16.6 Å². The normalized spacial score (nSPS) is 12.3. The van der Waals surface area contributed by atoms with Crippen LogP contribution < -0.4 is 15.2 Å². The highest BCUT2D eigenvalue weighted by Gasteiger charge is 2.14. The van der Waals surface area contributed by atoms with E-state index in [0.29, 0.717) is 0 Å². The molecule has 0 saturated carbocycles. The number of rotatable bonds is 4. The van der Waals surface area contributed by atoms with Crippen LogP contribution in [0.5, 0.6) is 11.5 Å². The first-order chi connectivity index (χ1) is 7.10. The smallest absolute Gasteiger partial charge is 0.139 e.